The second kappa shape index (κ2) is 70.3. The van der Waals surface area contributed by atoms with Crippen molar-refractivity contribution in [2.75, 3.05) is 13.2 Å². The lowest BCUT2D eigenvalue weighted by Gasteiger charge is -2.22. The summed E-state index contributed by atoms with van der Waals surface area (Å²) in [5.41, 5.74) is 0. The van der Waals surface area contributed by atoms with Crippen LogP contribution in [0, 0.1) is 0 Å². The van der Waals surface area contributed by atoms with Crippen LogP contribution in [0.1, 0.15) is 438 Å². The van der Waals surface area contributed by atoms with Crippen molar-refractivity contribution in [3.8, 4) is 0 Å². The molecule has 1 amide bonds. The first-order valence-corrected chi connectivity index (χ1v) is 37.3. The molecule has 6 nitrogen and oxygen atoms in total. The van der Waals surface area contributed by atoms with Crippen LogP contribution in [0.25, 0.3) is 0 Å². The molecule has 478 valence electrons. The maximum atomic E-state index is 12.5. The Bertz CT molecular complexity index is 1160. The summed E-state index contributed by atoms with van der Waals surface area (Å²) < 4.78 is 5.52. The minimum atomic E-state index is -0.663. The van der Waals surface area contributed by atoms with Crippen LogP contribution in [-0.4, -0.2) is 47.4 Å². The number of rotatable bonds is 71. The summed E-state index contributed by atoms with van der Waals surface area (Å²) in [6.07, 6.45) is 85.9. The number of carbonyl (C=O) groups is 2. The van der Waals surface area contributed by atoms with Crippen molar-refractivity contribution in [1.82, 2.24) is 5.32 Å². The van der Waals surface area contributed by atoms with Crippen LogP contribution in [0.2, 0.25) is 0 Å². The molecule has 0 rings (SSSR count). The van der Waals surface area contributed by atoms with Crippen LogP contribution in [-0.2, 0) is 14.3 Å². The van der Waals surface area contributed by atoms with Crippen molar-refractivity contribution in [1.29, 1.82) is 0 Å². The summed E-state index contributed by atoms with van der Waals surface area (Å²) >= 11 is 0. The Morgan fingerprint density at radius 2 is 0.512 bits per heavy atom. The van der Waals surface area contributed by atoms with Gasteiger partial charge in [-0.25, -0.2) is 0 Å². The molecule has 0 aliphatic heterocycles. The Morgan fingerprint density at radius 1 is 0.300 bits per heavy atom. The second-order valence-corrected chi connectivity index (χ2v) is 26.0. The van der Waals surface area contributed by atoms with Gasteiger partial charge in [0.25, 0.3) is 0 Å². The predicted octanol–water partition coefficient (Wildman–Crippen LogP) is 24.2. The van der Waals surface area contributed by atoms with E-state index < -0.39 is 12.1 Å². The van der Waals surface area contributed by atoms with E-state index in [0.717, 1.165) is 38.5 Å². The number of hydrogen-bond acceptors (Lipinski definition) is 5. The molecule has 0 saturated heterocycles. The van der Waals surface area contributed by atoms with E-state index in [9.17, 15) is 19.8 Å². The molecular formula is C74H147NO5. The molecular weight excluding hydrogens is 983 g/mol. The summed E-state index contributed by atoms with van der Waals surface area (Å²) in [7, 11) is 0. The predicted molar refractivity (Wildman–Crippen MR) is 352 cm³/mol. The van der Waals surface area contributed by atoms with Gasteiger partial charge in [0.2, 0.25) is 5.91 Å². The first-order chi connectivity index (χ1) is 39.5. The molecule has 2 unspecified atom stereocenters. The highest BCUT2D eigenvalue weighted by Gasteiger charge is 2.20. The molecule has 0 aromatic rings. The highest BCUT2D eigenvalue weighted by atomic mass is 16.5. The van der Waals surface area contributed by atoms with Gasteiger partial charge in [0, 0.05) is 12.8 Å². The number of amides is 1. The highest BCUT2D eigenvalue weighted by Crippen LogP contribution is 2.20. The van der Waals surface area contributed by atoms with E-state index in [-0.39, 0.29) is 18.5 Å². The van der Waals surface area contributed by atoms with Crippen molar-refractivity contribution in [3.63, 3.8) is 0 Å². The largest absolute Gasteiger partial charge is 0.466 e. The zero-order chi connectivity index (χ0) is 57.8. The van der Waals surface area contributed by atoms with E-state index >= 15 is 0 Å². The van der Waals surface area contributed by atoms with Gasteiger partial charge in [0.05, 0.1) is 25.4 Å². The van der Waals surface area contributed by atoms with Gasteiger partial charge in [0.1, 0.15) is 0 Å². The number of nitrogens with one attached hydrogen (secondary N) is 1. The second-order valence-electron chi connectivity index (χ2n) is 26.0. The summed E-state index contributed by atoms with van der Waals surface area (Å²) in [4.78, 5) is 24.7. The van der Waals surface area contributed by atoms with Crippen LogP contribution in [0.4, 0.5) is 0 Å². The van der Waals surface area contributed by atoms with E-state index in [1.54, 1.807) is 0 Å². The Kier molecular flexibility index (Phi) is 69.3. The number of aliphatic hydroxyl groups is 2. The third-order valence-corrected chi connectivity index (χ3v) is 17.9. The van der Waals surface area contributed by atoms with E-state index in [1.807, 2.05) is 0 Å². The lowest BCUT2D eigenvalue weighted by molar-refractivity contribution is -0.143. The molecule has 3 N–H and O–H groups in total. The van der Waals surface area contributed by atoms with Gasteiger partial charge in [-0.1, -0.05) is 399 Å². The molecule has 0 aliphatic carbocycles. The number of unbranched alkanes of at least 4 members (excludes halogenated alkanes) is 60. The molecule has 0 saturated carbocycles. The van der Waals surface area contributed by atoms with Gasteiger partial charge in [0.15, 0.2) is 0 Å². The van der Waals surface area contributed by atoms with E-state index in [4.69, 9.17) is 4.74 Å². The van der Waals surface area contributed by atoms with E-state index in [2.05, 4.69) is 19.2 Å². The first kappa shape index (κ1) is 78.9. The minimum Gasteiger partial charge on any atom is -0.466 e. The smallest absolute Gasteiger partial charge is 0.305 e. The molecule has 0 aromatic heterocycles. The summed E-state index contributed by atoms with van der Waals surface area (Å²) in [5.74, 6) is -0.00626. The number of aliphatic hydroxyl groups excluding tert-OH is 2. The van der Waals surface area contributed by atoms with Gasteiger partial charge in [-0.15, -0.1) is 0 Å². The number of carbonyl (C=O) groups excluding carboxylic acids is 2. The minimum absolute atomic E-state index is 0.0219. The molecule has 0 aliphatic rings. The highest BCUT2D eigenvalue weighted by molar-refractivity contribution is 5.76. The first-order valence-electron chi connectivity index (χ1n) is 37.3. The van der Waals surface area contributed by atoms with Crippen molar-refractivity contribution >= 4 is 11.9 Å². The lowest BCUT2D eigenvalue weighted by atomic mass is 10.0. The lowest BCUT2D eigenvalue weighted by Crippen LogP contribution is -2.45. The maximum Gasteiger partial charge on any atom is 0.305 e. The monoisotopic (exact) mass is 1130 g/mol. The average Bonchev–Trinajstić information content (AvgIpc) is 3.46. The van der Waals surface area contributed by atoms with Crippen molar-refractivity contribution < 1.29 is 24.5 Å². The SMILES string of the molecule is CCCCCCCCCCCCCCCCCCCCCCC(O)C(CO)NC(=O)CCCCCCCCCCCCCCCCCCCCCCCCCCOC(=O)CCCCCCCCCCCCCCCCCCCCC. The number of hydrogen-bond donors (Lipinski definition) is 3. The Balaban J connectivity index is 3.34. The quantitative estimate of drug-likeness (QED) is 0.0417. The van der Waals surface area contributed by atoms with Gasteiger partial charge in [-0.3, -0.25) is 9.59 Å². The third kappa shape index (κ3) is 66.0. The van der Waals surface area contributed by atoms with Gasteiger partial charge in [-0.2, -0.15) is 0 Å². The summed E-state index contributed by atoms with van der Waals surface area (Å²) in [6, 6.07) is -0.540. The molecule has 0 spiro atoms. The average molecular weight is 1130 g/mol. The van der Waals surface area contributed by atoms with E-state index in [0.29, 0.717) is 25.9 Å². The van der Waals surface area contributed by atoms with Gasteiger partial charge >= 0.3 is 5.97 Å². The van der Waals surface area contributed by atoms with Crippen LogP contribution in [0.3, 0.4) is 0 Å². The van der Waals surface area contributed by atoms with Crippen molar-refractivity contribution in [3.05, 3.63) is 0 Å². The number of esters is 1. The fourth-order valence-electron chi connectivity index (χ4n) is 12.2. The molecule has 2 atom stereocenters. The normalized spacial score (nSPS) is 12.4. The Hall–Kier alpha value is -1.14. The third-order valence-electron chi connectivity index (χ3n) is 17.9. The molecule has 80 heavy (non-hydrogen) atoms. The van der Waals surface area contributed by atoms with Crippen LogP contribution in [0.5, 0.6) is 0 Å². The van der Waals surface area contributed by atoms with Crippen molar-refractivity contribution in [2.24, 2.45) is 0 Å². The standard InChI is InChI=1S/C74H147NO5/c1-3-5-7-9-11-13-15-17-19-21-23-31-34-38-42-46-50-54-58-62-66-72(77)71(70-76)75-73(78)67-63-59-55-51-47-43-39-35-32-28-26-24-25-27-29-33-37-41-45-49-53-57-61-65-69-80-74(79)68-64-60-56-52-48-44-40-36-30-22-20-18-16-14-12-10-8-6-4-2/h71-72,76-77H,3-70H2,1-2H3,(H,75,78). The summed E-state index contributed by atoms with van der Waals surface area (Å²) in [5, 5.41) is 23.4. The Morgan fingerprint density at radius 3 is 0.762 bits per heavy atom. The zero-order valence-corrected chi connectivity index (χ0v) is 54.9. The van der Waals surface area contributed by atoms with E-state index in [1.165, 1.54) is 366 Å². The fraction of sp³-hybridized carbons (Fsp3) is 0.973. The van der Waals surface area contributed by atoms with Gasteiger partial charge in [-0.05, 0) is 25.7 Å². The zero-order valence-electron chi connectivity index (χ0n) is 54.9. The summed E-state index contributed by atoms with van der Waals surface area (Å²) in [6.45, 7) is 5.01. The molecule has 0 heterocycles. The molecule has 0 radical (unpaired) electrons. The van der Waals surface area contributed by atoms with Crippen LogP contribution >= 0.6 is 0 Å². The number of ether oxygens (including phenoxy) is 1. The Labute approximate surface area is 502 Å². The molecule has 0 fully saturated rings. The molecule has 0 bridgehead atoms. The molecule has 6 heteroatoms. The maximum absolute atomic E-state index is 12.5. The fourth-order valence-corrected chi connectivity index (χ4v) is 12.2. The topological polar surface area (TPSA) is 95.9 Å². The van der Waals surface area contributed by atoms with Crippen molar-refractivity contribution in [2.45, 2.75) is 450 Å². The van der Waals surface area contributed by atoms with Gasteiger partial charge < -0.3 is 20.3 Å². The molecule has 0 aromatic carbocycles. The van der Waals surface area contributed by atoms with Crippen LogP contribution in [0.15, 0.2) is 0 Å². The van der Waals surface area contributed by atoms with Crippen LogP contribution < -0.4 is 5.32 Å².